The maximum Gasteiger partial charge on any atom is 0.232 e. The standard InChI is InChI=1S/C22H22FN3O2S2/c1-15(27)16-6-7-19(17(23)12-16)25-8-10-26(11-9-25)22(28)14-29-13-21-24-18-4-2-3-5-20(18)30-21/h2-7,12H,8-11,13-14H2,1H3. The van der Waals surface area contributed by atoms with Gasteiger partial charge >= 0.3 is 0 Å². The maximum atomic E-state index is 14.4. The van der Waals surface area contributed by atoms with Gasteiger partial charge in [-0.15, -0.1) is 23.1 Å². The van der Waals surface area contributed by atoms with Crippen molar-refractivity contribution in [2.45, 2.75) is 12.7 Å². The first-order valence-corrected chi connectivity index (χ1v) is 11.7. The van der Waals surface area contributed by atoms with Gasteiger partial charge in [0.05, 0.1) is 21.7 Å². The smallest absolute Gasteiger partial charge is 0.232 e. The van der Waals surface area contributed by atoms with Crippen LogP contribution in [0.15, 0.2) is 42.5 Å². The average molecular weight is 444 g/mol. The Morgan fingerprint density at radius 1 is 1.13 bits per heavy atom. The van der Waals surface area contributed by atoms with Crippen LogP contribution in [0, 0.1) is 5.82 Å². The Morgan fingerprint density at radius 3 is 2.60 bits per heavy atom. The van der Waals surface area contributed by atoms with Crippen LogP contribution in [-0.2, 0) is 10.5 Å². The van der Waals surface area contributed by atoms with Crippen molar-refractivity contribution in [2.24, 2.45) is 0 Å². The van der Waals surface area contributed by atoms with Gasteiger partial charge in [-0.1, -0.05) is 12.1 Å². The van der Waals surface area contributed by atoms with Crippen LogP contribution in [0.2, 0.25) is 0 Å². The summed E-state index contributed by atoms with van der Waals surface area (Å²) in [7, 11) is 0. The number of fused-ring (bicyclic) bond motifs is 1. The lowest BCUT2D eigenvalue weighted by molar-refractivity contribution is -0.128. The lowest BCUT2D eigenvalue weighted by atomic mass is 10.1. The van der Waals surface area contributed by atoms with E-state index >= 15 is 0 Å². The van der Waals surface area contributed by atoms with Gasteiger partial charge in [-0.3, -0.25) is 9.59 Å². The summed E-state index contributed by atoms with van der Waals surface area (Å²) < 4.78 is 15.5. The number of piperazine rings is 1. The van der Waals surface area contributed by atoms with Crippen molar-refractivity contribution < 1.29 is 14.0 Å². The molecule has 0 bridgehead atoms. The fourth-order valence-electron chi connectivity index (χ4n) is 3.48. The molecule has 1 aromatic heterocycles. The number of carbonyl (C=O) groups excluding carboxylic acids is 2. The van der Waals surface area contributed by atoms with Gasteiger partial charge in [0.15, 0.2) is 5.78 Å². The quantitative estimate of drug-likeness (QED) is 0.534. The van der Waals surface area contributed by atoms with E-state index in [4.69, 9.17) is 0 Å². The minimum Gasteiger partial charge on any atom is -0.366 e. The minimum atomic E-state index is -0.395. The van der Waals surface area contributed by atoms with Crippen LogP contribution in [0.1, 0.15) is 22.3 Å². The van der Waals surface area contributed by atoms with E-state index in [1.54, 1.807) is 35.2 Å². The largest absolute Gasteiger partial charge is 0.366 e. The van der Waals surface area contributed by atoms with Crippen LogP contribution >= 0.6 is 23.1 Å². The second-order valence-electron chi connectivity index (χ2n) is 7.16. The number of benzene rings is 2. The molecule has 30 heavy (non-hydrogen) atoms. The number of Topliss-reactive ketones (excluding diaryl/α,β-unsaturated/α-hetero) is 1. The Kier molecular flexibility index (Phi) is 6.34. The van der Waals surface area contributed by atoms with E-state index in [1.807, 2.05) is 28.0 Å². The molecule has 4 rings (SSSR count). The Labute approximate surface area is 182 Å². The van der Waals surface area contributed by atoms with Crippen LogP contribution in [0.25, 0.3) is 10.2 Å². The van der Waals surface area contributed by atoms with Crippen molar-refractivity contribution in [3.05, 3.63) is 58.9 Å². The number of anilines is 1. The number of halogens is 1. The molecule has 1 aliphatic heterocycles. The summed E-state index contributed by atoms with van der Waals surface area (Å²) in [6.07, 6.45) is 0. The molecule has 3 aromatic rings. The third-order valence-corrected chi connectivity index (χ3v) is 7.26. The van der Waals surface area contributed by atoms with Crippen LogP contribution in [-0.4, -0.2) is 53.5 Å². The molecule has 0 spiro atoms. The van der Waals surface area contributed by atoms with Crippen molar-refractivity contribution >= 4 is 50.7 Å². The number of thioether (sulfide) groups is 1. The minimum absolute atomic E-state index is 0.105. The summed E-state index contributed by atoms with van der Waals surface area (Å²) in [6.45, 7) is 3.70. The monoisotopic (exact) mass is 443 g/mol. The highest BCUT2D eigenvalue weighted by atomic mass is 32.2. The molecule has 0 saturated carbocycles. The van der Waals surface area contributed by atoms with Gasteiger partial charge in [0.1, 0.15) is 10.8 Å². The highest BCUT2D eigenvalue weighted by Crippen LogP contribution is 2.25. The molecule has 1 aliphatic rings. The molecule has 0 unspecified atom stereocenters. The predicted octanol–water partition coefficient (Wildman–Crippen LogP) is 4.22. The maximum absolute atomic E-state index is 14.4. The number of rotatable bonds is 6. The molecule has 0 radical (unpaired) electrons. The van der Waals surface area contributed by atoms with Gasteiger partial charge in [0, 0.05) is 37.5 Å². The SMILES string of the molecule is CC(=O)c1ccc(N2CCN(C(=O)CSCc3nc4ccccc4s3)CC2)c(F)c1. The molecule has 2 aromatic carbocycles. The van der Waals surface area contributed by atoms with Gasteiger partial charge in [-0.2, -0.15) is 0 Å². The second-order valence-corrected chi connectivity index (χ2v) is 9.26. The van der Waals surface area contributed by atoms with Crippen molar-refractivity contribution in [3.8, 4) is 0 Å². The molecule has 0 aliphatic carbocycles. The van der Waals surface area contributed by atoms with Crippen LogP contribution in [0.4, 0.5) is 10.1 Å². The van der Waals surface area contributed by atoms with E-state index in [2.05, 4.69) is 11.1 Å². The first kappa shape index (κ1) is 20.8. The predicted molar refractivity (Wildman–Crippen MR) is 121 cm³/mol. The van der Waals surface area contributed by atoms with Gasteiger partial charge in [-0.25, -0.2) is 9.37 Å². The van der Waals surface area contributed by atoms with Gasteiger partial charge < -0.3 is 9.80 Å². The van der Waals surface area contributed by atoms with Crippen molar-refractivity contribution in [1.82, 2.24) is 9.88 Å². The highest BCUT2D eigenvalue weighted by molar-refractivity contribution is 7.99. The average Bonchev–Trinajstić information content (AvgIpc) is 3.16. The van der Waals surface area contributed by atoms with E-state index in [9.17, 15) is 14.0 Å². The summed E-state index contributed by atoms with van der Waals surface area (Å²) in [5.74, 6) is 0.692. The summed E-state index contributed by atoms with van der Waals surface area (Å²) in [6, 6.07) is 12.6. The van der Waals surface area contributed by atoms with E-state index in [0.717, 1.165) is 16.3 Å². The molecule has 0 N–H and O–H groups in total. The van der Waals surface area contributed by atoms with Crippen LogP contribution < -0.4 is 4.90 Å². The lowest BCUT2D eigenvalue weighted by Crippen LogP contribution is -2.49. The molecular formula is C22H22FN3O2S2. The number of para-hydroxylation sites is 1. The number of hydrogen-bond donors (Lipinski definition) is 0. The van der Waals surface area contributed by atoms with Gasteiger partial charge in [0.2, 0.25) is 5.91 Å². The molecule has 2 heterocycles. The zero-order valence-corrected chi connectivity index (χ0v) is 18.3. The lowest BCUT2D eigenvalue weighted by Gasteiger charge is -2.36. The molecular weight excluding hydrogens is 421 g/mol. The molecule has 1 amide bonds. The summed E-state index contributed by atoms with van der Waals surface area (Å²) in [4.78, 5) is 32.3. The molecule has 0 atom stereocenters. The number of thiazole rings is 1. The normalized spacial score (nSPS) is 14.3. The number of carbonyl (C=O) groups is 2. The number of ketones is 1. The number of aromatic nitrogens is 1. The summed E-state index contributed by atoms with van der Waals surface area (Å²) >= 11 is 3.24. The van der Waals surface area contributed by atoms with Crippen molar-refractivity contribution in [1.29, 1.82) is 0 Å². The molecule has 1 saturated heterocycles. The van der Waals surface area contributed by atoms with Gasteiger partial charge in [0.25, 0.3) is 0 Å². The summed E-state index contributed by atoms with van der Waals surface area (Å²) in [5.41, 5.74) is 1.86. The zero-order chi connectivity index (χ0) is 21.1. The van der Waals surface area contributed by atoms with E-state index < -0.39 is 5.82 Å². The fraction of sp³-hybridized carbons (Fsp3) is 0.318. The Morgan fingerprint density at radius 2 is 1.90 bits per heavy atom. The number of amides is 1. The zero-order valence-electron chi connectivity index (χ0n) is 16.6. The molecule has 5 nitrogen and oxygen atoms in total. The van der Waals surface area contributed by atoms with E-state index in [0.29, 0.717) is 43.2 Å². The van der Waals surface area contributed by atoms with Gasteiger partial charge in [-0.05, 0) is 37.3 Å². The summed E-state index contributed by atoms with van der Waals surface area (Å²) in [5, 5.41) is 1.03. The number of nitrogens with zero attached hydrogens (tertiary/aromatic N) is 3. The topological polar surface area (TPSA) is 53.5 Å². The second kappa shape index (κ2) is 9.14. The Bertz CT molecular complexity index is 1040. The Hall–Kier alpha value is -2.45. The third-order valence-electron chi connectivity index (χ3n) is 5.12. The molecule has 8 heteroatoms. The first-order valence-electron chi connectivity index (χ1n) is 9.76. The van der Waals surface area contributed by atoms with E-state index in [-0.39, 0.29) is 11.7 Å². The highest BCUT2D eigenvalue weighted by Gasteiger charge is 2.23. The molecule has 156 valence electrons. The third kappa shape index (κ3) is 4.65. The number of hydrogen-bond acceptors (Lipinski definition) is 6. The molecule has 1 fully saturated rings. The van der Waals surface area contributed by atoms with Crippen molar-refractivity contribution in [2.75, 3.05) is 36.8 Å². The first-order chi connectivity index (χ1) is 14.5. The van der Waals surface area contributed by atoms with Crippen molar-refractivity contribution in [3.63, 3.8) is 0 Å². The van der Waals surface area contributed by atoms with Crippen LogP contribution in [0.5, 0.6) is 0 Å². The fourth-order valence-corrected chi connectivity index (χ4v) is 5.42. The van der Waals surface area contributed by atoms with E-state index in [1.165, 1.54) is 17.7 Å². The Balaban J connectivity index is 1.26. The van der Waals surface area contributed by atoms with Crippen LogP contribution in [0.3, 0.4) is 0 Å².